The van der Waals surface area contributed by atoms with Crippen LogP contribution in [0.5, 0.6) is 0 Å². The summed E-state index contributed by atoms with van der Waals surface area (Å²) in [6, 6.07) is 53.9. The Hall–Kier alpha value is -3.75. The molecule has 0 radical (unpaired) electrons. The first-order chi connectivity index (χ1) is 16.4. The SMILES string of the molecule is c1ccc([SH+]C(c2ccccc2)(c2ccccc2)N(c2ccccc2)c2ccccc2)cc1. The first-order valence-corrected chi connectivity index (χ1v) is 12.1. The second kappa shape index (κ2) is 9.81. The molecule has 0 aliphatic carbocycles. The fraction of sp³-hybridized carbons (Fsp3) is 0.0323. The van der Waals surface area contributed by atoms with E-state index in [0.29, 0.717) is 0 Å². The fourth-order valence-electron chi connectivity index (χ4n) is 4.31. The molecule has 0 heterocycles. The monoisotopic (exact) mass is 444 g/mol. The molecule has 0 saturated carbocycles. The fourth-order valence-corrected chi connectivity index (χ4v) is 5.89. The van der Waals surface area contributed by atoms with Gasteiger partial charge in [-0.3, -0.25) is 4.90 Å². The molecule has 0 amide bonds. The Morgan fingerprint density at radius 1 is 0.394 bits per heavy atom. The lowest BCUT2D eigenvalue weighted by atomic mass is 9.94. The summed E-state index contributed by atoms with van der Waals surface area (Å²) in [7, 11) is 0. The average Bonchev–Trinajstić information content (AvgIpc) is 2.91. The van der Waals surface area contributed by atoms with Gasteiger partial charge in [-0.05, 0) is 36.4 Å². The molecule has 2 heteroatoms. The van der Waals surface area contributed by atoms with Crippen LogP contribution in [-0.2, 0) is 16.6 Å². The number of thiol groups is 1. The van der Waals surface area contributed by atoms with Crippen LogP contribution in [-0.4, -0.2) is 0 Å². The van der Waals surface area contributed by atoms with Crippen molar-refractivity contribution in [2.45, 2.75) is 9.77 Å². The number of nitrogens with zero attached hydrogens (tertiary/aromatic N) is 1. The van der Waals surface area contributed by atoms with Gasteiger partial charge in [-0.2, -0.15) is 0 Å². The van der Waals surface area contributed by atoms with Crippen LogP contribution in [0.2, 0.25) is 0 Å². The van der Waals surface area contributed by atoms with E-state index in [1.807, 2.05) is 0 Å². The van der Waals surface area contributed by atoms with Gasteiger partial charge in [0.25, 0.3) is 4.87 Å². The van der Waals surface area contributed by atoms with Crippen molar-refractivity contribution in [3.63, 3.8) is 0 Å². The van der Waals surface area contributed by atoms with E-state index in [-0.39, 0.29) is 0 Å². The second-order valence-corrected chi connectivity index (χ2v) is 9.25. The minimum Gasteiger partial charge on any atom is -0.286 e. The summed E-state index contributed by atoms with van der Waals surface area (Å²) in [5.74, 6) is 0. The molecule has 5 aromatic rings. The van der Waals surface area contributed by atoms with E-state index >= 15 is 0 Å². The molecule has 5 aromatic carbocycles. The molecule has 0 unspecified atom stereocenters. The number of para-hydroxylation sites is 2. The molecule has 0 aliphatic heterocycles. The van der Waals surface area contributed by atoms with Gasteiger partial charge in [-0.15, -0.1) is 0 Å². The summed E-state index contributed by atoms with van der Waals surface area (Å²) in [5.41, 5.74) is 4.79. The normalized spacial score (nSPS) is 11.2. The summed E-state index contributed by atoms with van der Waals surface area (Å²) < 4.78 is 0. The number of hydrogen-bond donors (Lipinski definition) is 0. The molecular formula is C31H26NS+. The summed E-state index contributed by atoms with van der Waals surface area (Å²) in [6.45, 7) is 0. The minimum absolute atomic E-state index is 0.480. The Kier molecular flexibility index (Phi) is 6.27. The van der Waals surface area contributed by atoms with Gasteiger partial charge in [0.1, 0.15) is 0 Å². The van der Waals surface area contributed by atoms with Crippen molar-refractivity contribution in [3.8, 4) is 0 Å². The minimum atomic E-state index is -0.480. The quantitative estimate of drug-likeness (QED) is 0.184. The molecule has 0 N–H and O–H groups in total. The summed E-state index contributed by atoms with van der Waals surface area (Å²) >= 11 is 1.17. The summed E-state index contributed by atoms with van der Waals surface area (Å²) in [6.07, 6.45) is 0. The van der Waals surface area contributed by atoms with Crippen LogP contribution >= 0.6 is 0 Å². The maximum absolute atomic E-state index is 2.49. The average molecular weight is 445 g/mol. The highest BCUT2D eigenvalue weighted by Crippen LogP contribution is 2.46. The molecule has 160 valence electrons. The van der Waals surface area contributed by atoms with Crippen molar-refractivity contribution in [2.75, 3.05) is 4.90 Å². The molecular weight excluding hydrogens is 418 g/mol. The molecule has 0 bridgehead atoms. The lowest BCUT2D eigenvalue weighted by Gasteiger charge is -2.40. The molecule has 1 nitrogen and oxygen atoms in total. The Morgan fingerprint density at radius 3 is 1.12 bits per heavy atom. The van der Waals surface area contributed by atoms with Gasteiger partial charge in [-0.25, -0.2) is 0 Å². The van der Waals surface area contributed by atoms with E-state index in [9.17, 15) is 0 Å². The zero-order chi connectivity index (χ0) is 22.3. The summed E-state index contributed by atoms with van der Waals surface area (Å²) in [5, 5.41) is 0. The lowest BCUT2D eigenvalue weighted by Crippen LogP contribution is -2.46. The van der Waals surface area contributed by atoms with E-state index in [1.165, 1.54) is 27.8 Å². The van der Waals surface area contributed by atoms with Crippen LogP contribution < -0.4 is 4.90 Å². The highest BCUT2D eigenvalue weighted by Gasteiger charge is 2.49. The Bertz CT molecular complexity index is 1180. The van der Waals surface area contributed by atoms with Gasteiger partial charge in [0.2, 0.25) is 0 Å². The van der Waals surface area contributed by atoms with Crippen molar-refractivity contribution >= 4 is 23.1 Å². The van der Waals surface area contributed by atoms with Gasteiger partial charge < -0.3 is 0 Å². The number of anilines is 2. The van der Waals surface area contributed by atoms with Crippen molar-refractivity contribution in [1.82, 2.24) is 0 Å². The van der Waals surface area contributed by atoms with Crippen LogP contribution in [0.15, 0.2) is 157 Å². The molecule has 5 rings (SSSR count). The van der Waals surface area contributed by atoms with E-state index in [1.54, 1.807) is 0 Å². The van der Waals surface area contributed by atoms with Crippen LogP contribution in [0, 0.1) is 0 Å². The van der Waals surface area contributed by atoms with E-state index < -0.39 is 4.87 Å². The van der Waals surface area contributed by atoms with Crippen molar-refractivity contribution in [1.29, 1.82) is 0 Å². The maximum atomic E-state index is 2.49. The van der Waals surface area contributed by atoms with Gasteiger partial charge in [0.15, 0.2) is 4.90 Å². The smallest absolute Gasteiger partial charge is 0.259 e. The molecule has 0 aromatic heterocycles. The highest BCUT2D eigenvalue weighted by molar-refractivity contribution is 7.80. The third kappa shape index (κ3) is 4.30. The van der Waals surface area contributed by atoms with Crippen molar-refractivity contribution in [2.24, 2.45) is 0 Å². The van der Waals surface area contributed by atoms with Crippen LogP contribution in [0.1, 0.15) is 11.1 Å². The van der Waals surface area contributed by atoms with Crippen molar-refractivity contribution in [3.05, 3.63) is 163 Å². The molecule has 0 saturated heterocycles. The largest absolute Gasteiger partial charge is 0.286 e. The first-order valence-electron chi connectivity index (χ1n) is 11.2. The zero-order valence-electron chi connectivity index (χ0n) is 18.3. The van der Waals surface area contributed by atoms with Crippen LogP contribution in [0.3, 0.4) is 0 Å². The topological polar surface area (TPSA) is 3.24 Å². The maximum Gasteiger partial charge on any atom is 0.259 e. The third-order valence-electron chi connectivity index (χ3n) is 5.75. The highest BCUT2D eigenvalue weighted by atomic mass is 32.2. The predicted molar refractivity (Wildman–Crippen MR) is 142 cm³/mol. The Morgan fingerprint density at radius 2 is 0.727 bits per heavy atom. The van der Waals surface area contributed by atoms with Gasteiger partial charge >= 0.3 is 0 Å². The van der Waals surface area contributed by atoms with Gasteiger partial charge in [0, 0.05) is 34.3 Å². The molecule has 33 heavy (non-hydrogen) atoms. The standard InChI is InChI=1S/C31H25NS/c1-6-16-26(17-7-1)31(27-18-8-2-9-19-27,33-30-24-14-5-15-25-30)32(28-20-10-3-11-21-28)29-22-12-4-13-23-29/h1-25H/p+1. The van der Waals surface area contributed by atoms with E-state index in [0.717, 1.165) is 11.4 Å². The van der Waals surface area contributed by atoms with Gasteiger partial charge in [0.05, 0.1) is 0 Å². The molecule has 0 atom stereocenters. The molecule has 0 spiro atoms. The Balaban J connectivity index is 1.86. The number of hydrogen-bond acceptors (Lipinski definition) is 1. The summed E-state index contributed by atoms with van der Waals surface area (Å²) in [4.78, 5) is 3.28. The van der Waals surface area contributed by atoms with E-state index in [2.05, 4.69) is 157 Å². The third-order valence-corrected chi connectivity index (χ3v) is 7.35. The first kappa shape index (κ1) is 21.1. The molecule has 0 aliphatic rings. The van der Waals surface area contributed by atoms with Crippen LogP contribution in [0.25, 0.3) is 0 Å². The predicted octanol–water partition coefficient (Wildman–Crippen LogP) is 7.60. The molecule has 0 fully saturated rings. The van der Waals surface area contributed by atoms with E-state index in [4.69, 9.17) is 0 Å². The van der Waals surface area contributed by atoms with Gasteiger partial charge in [-0.1, -0.05) is 115 Å². The second-order valence-electron chi connectivity index (χ2n) is 7.86. The lowest BCUT2D eigenvalue weighted by molar-refractivity contribution is 0.746. The number of benzene rings is 5. The number of rotatable bonds is 7. The Labute approximate surface area is 200 Å². The van der Waals surface area contributed by atoms with Crippen LogP contribution in [0.4, 0.5) is 11.4 Å². The zero-order valence-corrected chi connectivity index (χ0v) is 19.2. The van der Waals surface area contributed by atoms with Crippen molar-refractivity contribution < 1.29 is 0 Å².